The van der Waals surface area contributed by atoms with Gasteiger partial charge in [-0.15, -0.1) is 0 Å². The van der Waals surface area contributed by atoms with E-state index in [0.717, 1.165) is 0 Å². The highest BCUT2D eigenvalue weighted by Gasteiger charge is 2.17. The molecular formula is C18H16ClN5O. The molecule has 0 saturated heterocycles. The highest BCUT2D eigenvalue weighted by atomic mass is 35.5. The Morgan fingerprint density at radius 2 is 2.24 bits per heavy atom. The number of allylic oxidation sites excluding steroid dienone is 4. The van der Waals surface area contributed by atoms with E-state index in [0.29, 0.717) is 29.2 Å². The van der Waals surface area contributed by atoms with Gasteiger partial charge in [0, 0.05) is 11.8 Å². The van der Waals surface area contributed by atoms with Gasteiger partial charge in [0.15, 0.2) is 0 Å². The van der Waals surface area contributed by atoms with Crippen LogP contribution in [0.4, 0.5) is 5.82 Å². The van der Waals surface area contributed by atoms with Crippen LogP contribution in [0.2, 0.25) is 0 Å². The van der Waals surface area contributed by atoms with Gasteiger partial charge in [-0.2, -0.15) is 5.10 Å². The molecule has 0 bridgehead atoms. The second-order valence-electron chi connectivity index (χ2n) is 5.38. The first-order valence-corrected chi connectivity index (χ1v) is 8.05. The maximum atomic E-state index is 12.3. The fourth-order valence-electron chi connectivity index (χ4n) is 2.36. The van der Waals surface area contributed by atoms with E-state index in [-0.39, 0.29) is 17.0 Å². The van der Waals surface area contributed by atoms with E-state index in [1.54, 1.807) is 24.4 Å². The zero-order valence-electron chi connectivity index (χ0n) is 13.3. The number of hydrogen-bond acceptors (Lipinski definition) is 5. The highest BCUT2D eigenvalue weighted by molar-refractivity contribution is 6.80. The van der Waals surface area contributed by atoms with Crippen molar-refractivity contribution in [2.75, 3.05) is 5.32 Å². The molecule has 25 heavy (non-hydrogen) atoms. The topological polar surface area (TPSA) is 78.7 Å². The minimum atomic E-state index is -0.189. The molecule has 7 heteroatoms. The van der Waals surface area contributed by atoms with Crippen LogP contribution >= 0.6 is 11.6 Å². The predicted molar refractivity (Wildman–Crippen MR) is 101 cm³/mol. The minimum absolute atomic E-state index is 0.0977. The molecule has 6 nitrogen and oxygen atoms in total. The van der Waals surface area contributed by atoms with Gasteiger partial charge in [0.25, 0.3) is 0 Å². The van der Waals surface area contributed by atoms with Gasteiger partial charge in [0.05, 0.1) is 23.5 Å². The molecule has 1 aromatic heterocycles. The number of halogens is 1. The van der Waals surface area contributed by atoms with Crippen LogP contribution in [-0.2, 0) is 4.79 Å². The fraction of sp³-hybridized carbons (Fsp3) is 0.111. The average molecular weight is 354 g/mol. The molecule has 2 heterocycles. The van der Waals surface area contributed by atoms with Gasteiger partial charge in [-0.25, -0.2) is 9.98 Å². The van der Waals surface area contributed by atoms with E-state index < -0.39 is 0 Å². The molecule has 2 aliphatic rings. The van der Waals surface area contributed by atoms with Crippen LogP contribution in [0.1, 0.15) is 12.1 Å². The molecule has 0 radical (unpaired) electrons. The lowest BCUT2D eigenvalue weighted by atomic mass is 10.0. The molecule has 1 unspecified atom stereocenters. The number of anilines is 1. The number of hydrazone groups is 1. The largest absolute Gasteiger partial charge is 0.310 e. The van der Waals surface area contributed by atoms with Gasteiger partial charge in [-0.05, 0) is 18.6 Å². The number of aromatic nitrogens is 1. The average Bonchev–Trinajstić information content (AvgIpc) is 2.61. The number of rotatable bonds is 3. The molecule has 1 amide bonds. The number of amides is 1. The Balaban J connectivity index is 1.80. The smallest absolute Gasteiger partial charge is 0.232 e. The van der Waals surface area contributed by atoms with Crippen molar-refractivity contribution in [3.63, 3.8) is 0 Å². The van der Waals surface area contributed by atoms with Crippen molar-refractivity contribution < 1.29 is 4.79 Å². The number of nitrogens with zero attached hydrogens (tertiary/aromatic N) is 3. The van der Waals surface area contributed by atoms with Crippen LogP contribution in [0, 0.1) is 5.92 Å². The van der Waals surface area contributed by atoms with E-state index in [9.17, 15) is 4.79 Å². The lowest BCUT2D eigenvalue weighted by molar-refractivity contribution is -0.118. The van der Waals surface area contributed by atoms with Gasteiger partial charge >= 0.3 is 0 Å². The Hall–Kier alpha value is -2.99. The number of carbonyl (C=O) groups excluding carboxylic acids is 1. The summed E-state index contributed by atoms with van der Waals surface area (Å²) in [6, 6.07) is 5.33. The third-order valence-corrected chi connectivity index (χ3v) is 3.78. The number of carbonyl (C=O) groups is 1. The number of hydrogen-bond donors (Lipinski definition) is 2. The maximum absolute atomic E-state index is 12.3. The monoisotopic (exact) mass is 353 g/mol. The fourth-order valence-corrected chi connectivity index (χ4v) is 2.51. The zero-order valence-corrected chi connectivity index (χ0v) is 14.1. The molecule has 0 saturated carbocycles. The first kappa shape index (κ1) is 16.9. The summed E-state index contributed by atoms with van der Waals surface area (Å²) in [6.45, 7) is 3.90. The Kier molecular flexibility index (Phi) is 5.20. The Labute approximate surface area is 150 Å². The first-order chi connectivity index (χ1) is 12.1. The third kappa shape index (κ3) is 4.30. The molecule has 0 aromatic carbocycles. The summed E-state index contributed by atoms with van der Waals surface area (Å²) in [7, 11) is 0. The van der Waals surface area contributed by atoms with E-state index in [1.165, 1.54) is 6.21 Å². The van der Waals surface area contributed by atoms with Crippen molar-refractivity contribution in [2.45, 2.75) is 6.42 Å². The summed E-state index contributed by atoms with van der Waals surface area (Å²) < 4.78 is 0. The lowest BCUT2D eigenvalue weighted by Gasteiger charge is -2.14. The Morgan fingerprint density at radius 3 is 3.04 bits per heavy atom. The van der Waals surface area contributed by atoms with Gasteiger partial charge in [0.2, 0.25) is 5.91 Å². The van der Waals surface area contributed by atoms with E-state index in [4.69, 9.17) is 11.6 Å². The summed E-state index contributed by atoms with van der Waals surface area (Å²) in [6.07, 6.45) is 11.3. The van der Waals surface area contributed by atoms with Gasteiger partial charge in [0.1, 0.15) is 11.0 Å². The van der Waals surface area contributed by atoms with Crippen molar-refractivity contribution in [1.29, 1.82) is 0 Å². The summed E-state index contributed by atoms with van der Waals surface area (Å²) in [5.41, 5.74) is 4.42. The Morgan fingerprint density at radius 1 is 1.36 bits per heavy atom. The molecule has 2 N–H and O–H groups in total. The zero-order chi connectivity index (χ0) is 17.6. The standard InChI is InChI=1S/C18H16ClN5O/c1-12-14(10-20-21-11-16(19)22-12)15-8-5-9-17(23-15)24-18(25)13-6-3-2-4-7-13/h2-6,8-11,13,20H,1,7H2,(H,23,24,25)/b14-10?,21-11-,22-16?. The maximum Gasteiger partial charge on any atom is 0.232 e. The quantitative estimate of drug-likeness (QED) is 0.875. The van der Waals surface area contributed by atoms with Crippen LogP contribution < -0.4 is 10.7 Å². The minimum Gasteiger partial charge on any atom is -0.310 e. The normalized spacial score (nSPS) is 20.7. The number of pyridine rings is 1. The summed E-state index contributed by atoms with van der Waals surface area (Å²) in [4.78, 5) is 20.9. The van der Waals surface area contributed by atoms with Crippen LogP contribution in [0.3, 0.4) is 0 Å². The predicted octanol–water partition coefficient (Wildman–Crippen LogP) is 3.23. The molecule has 0 spiro atoms. The lowest BCUT2D eigenvalue weighted by Crippen LogP contribution is -2.22. The SMILES string of the molecule is C=C1N=C(Cl)/C=N\NC=C1c1cccc(NC(=O)C2C=CC=CC2)n1. The third-order valence-electron chi connectivity index (χ3n) is 3.60. The second-order valence-corrected chi connectivity index (χ2v) is 5.77. The molecule has 1 aliphatic heterocycles. The van der Waals surface area contributed by atoms with Crippen LogP contribution in [0.15, 0.2) is 71.1 Å². The van der Waals surface area contributed by atoms with Gasteiger partial charge in [-0.1, -0.05) is 48.6 Å². The summed E-state index contributed by atoms with van der Waals surface area (Å²) >= 11 is 5.91. The van der Waals surface area contributed by atoms with Crippen molar-refractivity contribution >= 4 is 40.3 Å². The van der Waals surface area contributed by atoms with Crippen LogP contribution in [0.5, 0.6) is 0 Å². The van der Waals surface area contributed by atoms with Gasteiger partial charge < -0.3 is 5.32 Å². The summed E-state index contributed by atoms with van der Waals surface area (Å²) in [5.74, 6) is 0.171. The van der Waals surface area contributed by atoms with Crippen molar-refractivity contribution in [3.05, 3.63) is 66.7 Å². The summed E-state index contributed by atoms with van der Waals surface area (Å²) in [5, 5.41) is 6.94. The molecule has 0 fully saturated rings. The molecule has 1 atom stereocenters. The van der Waals surface area contributed by atoms with Crippen LogP contribution in [0.25, 0.3) is 5.57 Å². The van der Waals surface area contributed by atoms with Crippen LogP contribution in [-0.4, -0.2) is 22.3 Å². The second kappa shape index (κ2) is 7.72. The molecule has 126 valence electrons. The van der Waals surface area contributed by atoms with Crippen molar-refractivity contribution in [1.82, 2.24) is 10.4 Å². The first-order valence-electron chi connectivity index (χ1n) is 7.67. The van der Waals surface area contributed by atoms with E-state index in [2.05, 4.69) is 32.4 Å². The van der Waals surface area contributed by atoms with Crippen molar-refractivity contribution in [3.8, 4) is 0 Å². The molecule has 1 aliphatic carbocycles. The highest BCUT2D eigenvalue weighted by Crippen LogP contribution is 2.23. The number of nitrogens with one attached hydrogen (secondary N) is 2. The molecule has 1 aromatic rings. The molecule has 3 rings (SSSR count). The molecular weight excluding hydrogens is 338 g/mol. The van der Waals surface area contributed by atoms with Crippen molar-refractivity contribution in [2.24, 2.45) is 16.0 Å². The van der Waals surface area contributed by atoms with Gasteiger partial charge in [-0.3, -0.25) is 10.2 Å². The van der Waals surface area contributed by atoms with E-state index in [1.807, 2.05) is 24.3 Å². The van der Waals surface area contributed by atoms with E-state index >= 15 is 0 Å². The number of aliphatic imine (C=N–C) groups is 1. The Bertz CT molecular complexity index is 851.